The van der Waals surface area contributed by atoms with Gasteiger partial charge in [0.25, 0.3) is 0 Å². The summed E-state index contributed by atoms with van der Waals surface area (Å²) in [5.41, 5.74) is 0. The Balaban J connectivity index is 1.86. The lowest BCUT2D eigenvalue weighted by Crippen LogP contribution is -2.59. The van der Waals surface area contributed by atoms with Gasteiger partial charge in [0.15, 0.2) is 0 Å². The molecule has 2 rings (SSSR count). The van der Waals surface area contributed by atoms with Crippen LogP contribution in [0.3, 0.4) is 0 Å². The Bertz CT molecular complexity index is 271. The topological polar surface area (TPSA) is 18.5 Å². The summed E-state index contributed by atoms with van der Waals surface area (Å²) in [7, 11) is 0. The van der Waals surface area contributed by atoms with Crippen molar-refractivity contribution in [1.29, 1.82) is 0 Å². The molecule has 2 heterocycles. The number of hydrogen-bond donors (Lipinski definition) is 1. The van der Waals surface area contributed by atoms with Crippen molar-refractivity contribution in [2.24, 2.45) is 11.8 Å². The molecule has 2 aliphatic rings. The van der Waals surface area contributed by atoms with E-state index in [0.29, 0.717) is 6.04 Å². The van der Waals surface area contributed by atoms with E-state index in [9.17, 15) is 0 Å². The Labute approximate surface area is 126 Å². The highest BCUT2D eigenvalue weighted by Gasteiger charge is 2.29. The minimum Gasteiger partial charge on any atom is -0.311 e. The molecular formula is C17H35N3. The quantitative estimate of drug-likeness (QED) is 0.807. The van der Waals surface area contributed by atoms with Crippen LogP contribution in [-0.2, 0) is 0 Å². The van der Waals surface area contributed by atoms with Crippen LogP contribution in [0.25, 0.3) is 0 Å². The van der Waals surface area contributed by atoms with Crippen molar-refractivity contribution in [3.05, 3.63) is 0 Å². The molecule has 118 valence electrons. The molecule has 0 radical (unpaired) electrons. The maximum Gasteiger partial charge on any atom is 0.0224 e. The highest BCUT2D eigenvalue weighted by atomic mass is 15.3. The summed E-state index contributed by atoms with van der Waals surface area (Å²) in [6, 6.07) is 1.42. The van der Waals surface area contributed by atoms with Crippen molar-refractivity contribution in [2.45, 2.75) is 59.0 Å². The number of piperazine rings is 1. The van der Waals surface area contributed by atoms with Crippen LogP contribution in [0.4, 0.5) is 0 Å². The van der Waals surface area contributed by atoms with E-state index in [2.05, 4.69) is 42.8 Å². The summed E-state index contributed by atoms with van der Waals surface area (Å²) in [6.45, 7) is 17.0. The molecule has 0 aliphatic carbocycles. The van der Waals surface area contributed by atoms with Crippen LogP contribution < -0.4 is 5.32 Å². The fraction of sp³-hybridized carbons (Fsp3) is 1.00. The second kappa shape index (κ2) is 7.77. The smallest absolute Gasteiger partial charge is 0.0224 e. The van der Waals surface area contributed by atoms with Gasteiger partial charge in [-0.05, 0) is 44.2 Å². The first-order chi connectivity index (χ1) is 9.56. The summed E-state index contributed by atoms with van der Waals surface area (Å²) in [5.74, 6) is 1.54. The molecule has 0 aromatic carbocycles. The third-order valence-corrected chi connectivity index (χ3v) is 5.01. The number of nitrogens with zero attached hydrogens (tertiary/aromatic N) is 2. The van der Waals surface area contributed by atoms with Gasteiger partial charge in [-0.2, -0.15) is 0 Å². The summed E-state index contributed by atoms with van der Waals surface area (Å²) < 4.78 is 0. The van der Waals surface area contributed by atoms with E-state index in [-0.39, 0.29) is 0 Å². The van der Waals surface area contributed by atoms with Crippen LogP contribution in [0, 0.1) is 11.8 Å². The van der Waals surface area contributed by atoms with Gasteiger partial charge in [0, 0.05) is 38.3 Å². The van der Waals surface area contributed by atoms with Gasteiger partial charge in [0.2, 0.25) is 0 Å². The number of likely N-dealkylation sites (tertiary alicyclic amines) is 1. The first kappa shape index (κ1) is 16.3. The van der Waals surface area contributed by atoms with Gasteiger partial charge < -0.3 is 10.2 Å². The minimum atomic E-state index is 0.678. The molecule has 0 aromatic heterocycles. The molecule has 0 spiro atoms. The first-order valence-electron chi connectivity index (χ1n) is 8.76. The molecule has 2 fully saturated rings. The summed E-state index contributed by atoms with van der Waals surface area (Å²) in [6.07, 6.45) is 4.15. The molecule has 0 amide bonds. The fourth-order valence-corrected chi connectivity index (χ4v) is 3.66. The van der Waals surface area contributed by atoms with E-state index in [1.165, 1.54) is 58.5 Å². The second-order valence-corrected chi connectivity index (χ2v) is 7.59. The maximum absolute atomic E-state index is 3.78. The summed E-state index contributed by atoms with van der Waals surface area (Å²) in [5, 5.41) is 3.78. The highest BCUT2D eigenvalue weighted by Crippen LogP contribution is 2.18. The van der Waals surface area contributed by atoms with Crippen molar-refractivity contribution < 1.29 is 0 Å². The molecule has 0 aromatic rings. The zero-order valence-electron chi connectivity index (χ0n) is 14.1. The van der Waals surface area contributed by atoms with Gasteiger partial charge in [0.05, 0.1) is 0 Å². The SMILES string of the molecule is CC(C)CC1CNC(C(C)C)CN1CCN1CCCC1. The summed E-state index contributed by atoms with van der Waals surface area (Å²) >= 11 is 0. The average Bonchev–Trinajstić information content (AvgIpc) is 2.89. The van der Waals surface area contributed by atoms with Crippen LogP contribution in [0.5, 0.6) is 0 Å². The molecule has 3 heteroatoms. The average molecular weight is 281 g/mol. The van der Waals surface area contributed by atoms with Crippen molar-refractivity contribution in [2.75, 3.05) is 39.3 Å². The lowest BCUT2D eigenvalue weighted by molar-refractivity contribution is 0.0894. The van der Waals surface area contributed by atoms with E-state index in [1.54, 1.807) is 0 Å². The Morgan fingerprint density at radius 3 is 2.35 bits per heavy atom. The molecule has 2 aliphatic heterocycles. The third kappa shape index (κ3) is 4.71. The molecule has 0 bridgehead atoms. The molecule has 2 saturated heterocycles. The van der Waals surface area contributed by atoms with Crippen molar-refractivity contribution in [3.63, 3.8) is 0 Å². The molecule has 0 saturated carbocycles. The van der Waals surface area contributed by atoms with Crippen LogP contribution in [0.1, 0.15) is 47.0 Å². The van der Waals surface area contributed by atoms with Crippen molar-refractivity contribution in [3.8, 4) is 0 Å². The molecule has 2 unspecified atom stereocenters. The van der Waals surface area contributed by atoms with Crippen molar-refractivity contribution in [1.82, 2.24) is 15.1 Å². The van der Waals surface area contributed by atoms with Gasteiger partial charge in [-0.3, -0.25) is 4.90 Å². The van der Waals surface area contributed by atoms with Gasteiger partial charge >= 0.3 is 0 Å². The normalized spacial score (nSPS) is 29.7. The highest BCUT2D eigenvalue weighted by molar-refractivity contribution is 4.88. The van der Waals surface area contributed by atoms with Gasteiger partial charge in [-0.1, -0.05) is 27.7 Å². The Hall–Kier alpha value is -0.120. The molecule has 20 heavy (non-hydrogen) atoms. The Morgan fingerprint density at radius 2 is 1.75 bits per heavy atom. The van der Waals surface area contributed by atoms with E-state index in [4.69, 9.17) is 0 Å². The van der Waals surface area contributed by atoms with Crippen LogP contribution in [0.15, 0.2) is 0 Å². The molecule has 2 atom stereocenters. The maximum atomic E-state index is 3.78. The second-order valence-electron chi connectivity index (χ2n) is 7.59. The molecule has 3 nitrogen and oxygen atoms in total. The van der Waals surface area contributed by atoms with Crippen LogP contribution in [-0.4, -0.2) is 61.2 Å². The number of hydrogen-bond acceptors (Lipinski definition) is 3. The standard InChI is InChI=1S/C17H35N3/c1-14(2)11-16-12-18-17(15(3)4)13-20(16)10-9-19-7-5-6-8-19/h14-18H,5-13H2,1-4H3. The van der Waals surface area contributed by atoms with Gasteiger partial charge in [0.1, 0.15) is 0 Å². The van der Waals surface area contributed by atoms with E-state index >= 15 is 0 Å². The third-order valence-electron chi connectivity index (χ3n) is 5.01. The zero-order chi connectivity index (χ0) is 14.5. The van der Waals surface area contributed by atoms with Gasteiger partial charge in [-0.15, -0.1) is 0 Å². The Kier molecular flexibility index (Phi) is 6.31. The minimum absolute atomic E-state index is 0.678. The monoisotopic (exact) mass is 281 g/mol. The number of rotatable bonds is 6. The zero-order valence-corrected chi connectivity index (χ0v) is 14.1. The molecular weight excluding hydrogens is 246 g/mol. The van der Waals surface area contributed by atoms with E-state index in [1.807, 2.05) is 0 Å². The summed E-state index contributed by atoms with van der Waals surface area (Å²) in [4.78, 5) is 5.43. The lowest BCUT2D eigenvalue weighted by Gasteiger charge is -2.43. The van der Waals surface area contributed by atoms with E-state index in [0.717, 1.165) is 17.9 Å². The largest absolute Gasteiger partial charge is 0.311 e. The van der Waals surface area contributed by atoms with Crippen molar-refractivity contribution >= 4 is 0 Å². The first-order valence-corrected chi connectivity index (χ1v) is 8.76. The van der Waals surface area contributed by atoms with Crippen LogP contribution in [0.2, 0.25) is 0 Å². The van der Waals surface area contributed by atoms with E-state index < -0.39 is 0 Å². The predicted octanol–water partition coefficient (Wildman–Crippen LogP) is 2.43. The Morgan fingerprint density at radius 1 is 1.05 bits per heavy atom. The fourth-order valence-electron chi connectivity index (χ4n) is 3.66. The number of nitrogens with one attached hydrogen (secondary N) is 1. The van der Waals surface area contributed by atoms with Gasteiger partial charge in [-0.25, -0.2) is 0 Å². The van der Waals surface area contributed by atoms with Crippen LogP contribution >= 0.6 is 0 Å². The molecule has 1 N–H and O–H groups in total. The lowest BCUT2D eigenvalue weighted by atomic mass is 9.95. The predicted molar refractivity (Wildman–Crippen MR) is 87.1 cm³/mol.